The Bertz CT molecular complexity index is 519. The van der Waals surface area contributed by atoms with Gasteiger partial charge in [-0.2, -0.15) is 0 Å². The van der Waals surface area contributed by atoms with Crippen LogP contribution in [-0.2, 0) is 11.8 Å². The Morgan fingerprint density at radius 3 is 2.94 bits per heavy atom. The number of benzene rings is 1. The number of amides is 1. The molecule has 2 aromatic rings. The predicted octanol–water partition coefficient (Wildman–Crippen LogP) is 2.75. The van der Waals surface area contributed by atoms with E-state index in [0.29, 0.717) is 12.3 Å². The molecule has 84 valence electrons. The van der Waals surface area contributed by atoms with Crippen LogP contribution in [0.2, 0.25) is 0 Å². The minimum absolute atomic E-state index is 0.0497. The molecule has 1 heterocycles. The number of alkyl halides is 1. The molecule has 0 bridgehead atoms. The van der Waals surface area contributed by atoms with Crippen LogP contribution in [0.5, 0.6) is 0 Å². The molecule has 4 heteroatoms. The summed E-state index contributed by atoms with van der Waals surface area (Å²) >= 11 is 5.52. The molecule has 2 rings (SSSR count). The maximum Gasteiger partial charge on any atom is 0.225 e. The van der Waals surface area contributed by atoms with Crippen molar-refractivity contribution < 1.29 is 4.79 Å². The third-order valence-corrected chi connectivity index (χ3v) is 2.68. The van der Waals surface area contributed by atoms with Crippen LogP contribution in [0.4, 0.5) is 5.69 Å². The van der Waals surface area contributed by atoms with E-state index in [-0.39, 0.29) is 5.91 Å². The first-order valence-corrected chi connectivity index (χ1v) is 5.65. The van der Waals surface area contributed by atoms with Gasteiger partial charge in [0.15, 0.2) is 0 Å². The Morgan fingerprint density at radius 2 is 2.19 bits per heavy atom. The normalized spacial score (nSPS) is 10.6. The lowest BCUT2D eigenvalue weighted by atomic mass is 10.2. The largest absolute Gasteiger partial charge is 0.348 e. The maximum atomic E-state index is 11.5. The number of rotatable bonds is 3. The van der Waals surface area contributed by atoms with Gasteiger partial charge >= 0.3 is 0 Å². The van der Waals surface area contributed by atoms with Gasteiger partial charge in [-0.3, -0.25) is 4.79 Å². The van der Waals surface area contributed by atoms with Crippen molar-refractivity contribution in [2.45, 2.75) is 6.42 Å². The quantitative estimate of drug-likeness (QED) is 0.817. The van der Waals surface area contributed by atoms with Gasteiger partial charge in [0.2, 0.25) is 5.91 Å². The zero-order valence-electron chi connectivity index (χ0n) is 9.03. The maximum absolute atomic E-state index is 11.5. The molecule has 16 heavy (non-hydrogen) atoms. The van der Waals surface area contributed by atoms with Crippen LogP contribution in [0.3, 0.4) is 0 Å². The molecular formula is C12H13ClN2O. The molecule has 1 aromatic carbocycles. The number of carbonyl (C=O) groups is 1. The Morgan fingerprint density at radius 1 is 1.44 bits per heavy atom. The van der Waals surface area contributed by atoms with Crippen molar-refractivity contribution in [3.8, 4) is 0 Å². The molecule has 1 N–H and O–H groups in total. The van der Waals surface area contributed by atoms with Crippen LogP contribution in [0.1, 0.15) is 6.42 Å². The fourth-order valence-electron chi connectivity index (χ4n) is 1.74. The number of carbonyl (C=O) groups excluding carboxylic acids is 1. The fraction of sp³-hybridized carbons (Fsp3) is 0.250. The average molecular weight is 237 g/mol. The van der Waals surface area contributed by atoms with Crippen LogP contribution < -0.4 is 5.32 Å². The monoisotopic (exact) mass is 236 g/mol. The number of para-hydroxylation sites is 1. The Balaban J connectivity index is 2.34. The zero-order valence-corrected chi connectivity index (χ0v) is 9.79. The highest BCUT2D eigenvalue weighted by atomic mass is 35.5. The van der Waals surface area contributed by atoms with Gasteiger partial charge in [0.25, 0.3) is 0 Å². The predicted molar refractivity (Wildman–Crippen MR) is 66.9 cm³/mol. The second kappa shape index (κ2) is 4.58. The molecule has 0 atom stereocenters. The van der Waals surface area contributed by atoms with Gasteiger partial charge in [0, 0.05) is 36.4 Å². The van der Waals surface area contributed by atoms with Gasteiger partial charge in [0.1, 0.15) is 0 Å². The smallest absolute Gasteiger partial charge is 0.225 e. The molecule has 0 aliphatic rings. The number of hydrogen-bond acceptors (Lipinski definition) is 1. The highest BCUT2D eigenvalue weighted by Crippen LogP contribution is 2.24. The van der Waals surface area contributed by atoms with E-state index >= 15 is 0 Å². The number of anilines is 1. The van der Waals surface area contributed by atoms with Crippen molar-refractivity contribution in [1.82, 2.24) is 4.57 Å². The first-order valence-electron chi connectivity index (χ1n) is 5.12. The third kappa shape index (κ3) is 2.04. The van der Waals surface area contributed by atoms with E-state index in [1.165, 1.54) is 0 Å². The van der Waals surface area contributed by atoms with Crippen molar-refractivity contribution in [2.75, 3.05) is 11.2 Å². The number of fused-ring (bicyclic) bond motifs is 1. The van der Waals surface area contributed by atoms with E-state index in [2.05, 4.69) is 5.32 Å². The third-order valence-electron chi connectivity index (χ3n) is 2.49. The summed E-state index contributed by atoms with van der Waals surface area (Å²) in [6.07, 6.45) is 2.25. The fourth-order valence-corrected chi connectivity index (χ4v) is 1.91. The summed E-state index contributed by atoms with van der Waals surface area (Å²) in [5, 5.41) is 3.91. The molecule has 1 aromatic heterocycles. The topological polar surface area (TPSA) is 34.0 Å². The molecule has 3 nitrogen and oxygen atoms in total. The number of halogens is 1. The second-order valence-corrected chi connectivity index (χ2v) is 4.04. The first kappa shape index (κ1) is 11.0. The number of aryl methyl sites for hydroxylation is 1. The summed E-state index contributed by atoms with van der Waals surface area (Å²) in [6, 6.07) is 7.95. The van der Waals surface area contributed by atoms with Crippen molar-refractivity contribution in [1.29, 1.82) is 0 Å². The second-order valence-electron chi connectivity index (χ2n) is 3.66. The van der Waals surface area contributed by atoms with Crippen molar-refractivity contribution >= 4 is 34.1 Å². The number of nitrogens with one attached hydrogen (secondary N) is 1. The summed E-state index contributed by atoms with van der Waals surface area (Å²) < 4.78 is 1.99. The summed E-state index contributed by atoms with van der Waals surface area (Å²) in [5.41, 5.74) is 1.94. The standard InChI is InChI=1S/C12H13ClN2O/c1-15-8-10(14-12(16)6-7-13)9-4-2-3-5-11(9)15/h2-5,8H,6-7H2,1H3,(H,14,16). The van der Waals surface area contributed by atoms with Crippen molar-refractivity contribution in [3.63, 3.8) is 0 Å². The summed E-state index contributed by atoms with van der Waals surface area (Å²) in [7, 11) is 1.96. The number of hydrogen-bond donors (Lipinski definition) is 1. The van der Waals surface area contributed by atoms with Gasteiger partial charge in [-0.25, -0.2) is 0 Å². The van der Waals surface area contributed by atoms with Crippen LogP contribution >= 0.6 is 11.6 Å². The molecule has 0 radical (unpaired) electrons. The van der Waals surface area contributed by atoms with Gasteiger partial charge in [0.05, 0.1) is 5.69 Å². The summed E-state index contributed by atoms with van der Waals surface area (Å²) in [6.45, 7) is 0. The zero-order chi connectivity index (χ0) is 11.5. The van der Waals surface area contributed by atoms with Crippen LogP contribution in [-0.4, -0.2) is 16.4 Å². The van der Waals surface area contributed by atoms with Crippen molar-refractivity contribution in [2.24, 2.45) is 7.05 Å². The van der Waals surface area contributed by atoms with E-state index in [1.54, 1.807) is 0 Å². The number of aromatic nitrogens is 1. The van der Waals surface area contributed by atoms with Crippen LogP contribution in [0.15, 0.2) is 30.5 Å². The van der Waals surface area contributed by atoms with Gasteiger partial charge < -0.3 is 9.88 Å². The van der Waals surface area contributed by atoms with Crippen LogP contribution in [0, 0.1) is 0 Å². The van der Waals surface area contributed by atoms with Gasteiger partial charge in [-0.1, -0.05) is 18.2 Å². The van der Waals surface area contributed by atoms with E-state index in [1.807, 2.05) is 42.1 Å². The molecule has 0 aliphatic carbocycles. The minimum atomic E-state index is -0.0497. The SMILES string of the molecule is Cn1cc(NC(=O)CCCl)c2ccccc21. The molecular weight excluding hydrogens is 224 g/mol. The molecule has 0 aliphatic heterocycles. The highest BCUT2D eigenvalue weighted by Gasteiger charge is 2.08. The highest BCUT2D eigenvalue weighted by molar-refractivity contribution is 6.19. The van der Waals surface area contributed by atoms with E-state index in [9.17, 15) is 4.79 Å². The van der Waals surface area contributed by atoms with Gasteiger partial charge in [-0.15, -0.1) is 11.6 Å². The molecule has 0 saturated carbocycles. The summed E-state index contributed by atoms with van der Waals surface area (Å²) in [4.78, 5) is 11.5. The molecule has 1 amide bonds. The summed E-state index contributed by atoms with van der Waals surface area (Å²) in [5.74, 6) is 0.294. The van der Waals surface area contributed by atoms with E-state index in [4.69, 9.17) is 11.6 Å². The first-order chi connectivity index (χ1) is 7.72. The Hall–Kier alpha value is -1.48. The molecule has 0 fully saturated rings. The lowest BCUT2D eigenvalue weighted by Gasteiger charge is -2.01. The van der Waals surface area contributed by atoms with E-state index in [0.717, 1.165) is 16.6 Å². The number of nitrogens with zero attached hydrogens (tertiary/aromatic N) is 1. The average Bonchev–Trinajstić information content (AvgIpc) is 2.57. The molecule has 0 spiro atoms. The van der Waals surface area contributed by atoms with E-state index < -0.39 is 0 Å². The van der Waals surface area contributed by atoms with Crippen molar-refractivity contribution in [3.05, 3.63) is 30.5 Å². The Kier molecular flexibility index (Phi) is 3.15. The Labute approximate surface area is 99.0 Å². The minimum Gasteiger partial charge on any atom is -0.348 e. The lowest BCUT2D eigenvalue weighted by molar-refractivity contribution is -0.115. The van der Waals surface area contributed by atoms with Gasteiger partial charge in [-0.05, 0) is 6.07 Å². The lowest BCUT2D eigenvalue weighted by Crippen LogP contribution is -2.11. The molecule has 0 saturated heterocycles. The van der Waals surface area contributed by atoms with Crippen LogP contribution in [0.25, 0.3) is 10.9 Å². The molecule has 0 unspecified atom stereocenters.